The van der Waals surface area contributed by atoms with E-state index in [1.807, 2.05) is 18.3 Å². The van der Waals surface area contributed by atoms with Crippen molar-refractivity contribution in [2.24, 2.45) is 0 Å². The van der Waals surface area contributed by atoms with Gasteiger partial charge in [0.25, 0.3) is 5.69 Å². The van der Waals surface area contributed by atoms with Crippen molar-refractivity contribution in [3.8, 4) is 0 Å². The molecular weight excluding hydrogens is 334 g/mol. The lowest BCUT2D eigenvalue weighted by Crippen LogP contribution is -2.40. The van der Waals surface area contributed by atoms with Crippen LogP contribution < -0.4 is 10.2 Å². The van der Waals surface area contributed by atoms with Crippen molar-refractivity contribution in [1.29, 1.82) is 0 Å². The van der Waals surface area contributed by atoms with E-state index in [1.54, 1.807) is 6.07 Å². The number of nitrogens with zero attached hydrogens (tertiary/aromatic N) is 4. The van der Waals surface area contributed by atoms with Gasteiger partial charge in [0, 0.05) is 38.0 Å². The first kappa shape index (κ1) is 18.1. The summed E-state index contributed by atoms with van der Waals surface area (Å²) < 4.78 is 0. The number of pyridine rings is 2. The Morgan fingerprint density at radius 3 is 2.77 bits per heavy atom. The summed E-state index contributed by atoms with van der Waals surface area (Å²) >= 11 is 0. The number of hydrogen-bond acceptors (Lipinski definition) is 7. The summed E-state index contributed by atoms with van der Waals surface area (Å²) in [4.78, 5) is 21.1. The zero-order valence-corrected chi connectivity index (χ0v) is 14.5. The molecule has 0 radical (unpaired) electrons. The predicted octanol–water partition coefficient (Wildman–Crippen LogP) is 2.74. The molecule has 0 amide bonds. The molecule has 2 aromatic rings. The van der Waals surface area contributed by atoms with Crippen LogP contribution in [0.1, 0.15) is 31.2 Å². The highest BCUT2D eigenvalue weighted by Crippen LogP contribution is 2.25. The van der Waals surface area contributed by atoms with Crippen LogP contribution in [0, 0.1) is 10.1 Å². The molecule has 2 N–H and O–H groups in total. The van der Waals surface area contributed by atoms with Crippen LogP contribution in [0.2, 0.25) is 0 Å². The first-order chi connectivity index (χ1) is 12.7. The van der Waals surface area contributed by atoms with Gasteiger partial charge in [0.05, 0.1) is 4.92 Å². The molecule has 2 aromatic heterocycles. The van der Waals surface area contributed by atoms with Gasteiger partial charge in [-0.15, -0.1) is 0 Å². The van der Waals surface area contributed by atoms with Gasteiger partial charge in [-0.05, 0) is 43.4 Å². The van der Waals surface area contributed by atoms with Gasteiger partial charge in [-0.3, -0.25) is 10.1 Å². The van der Waals surface area contributed by atoms with Gasteiger partial charge in [-0.1, -0.05) is 6.07 Å². The fourth-order valence-electron chi connectivity index (χ4n) is 3.23. The number of nitrogens with one attached hydrogen (secondary N) is 1. The minimum atomic E-state index is -0.468. The van der Waals surface area contributed by atoms with Gasteiger partial charge in [0.2, 0.25) is 0 Å². The smallest absolute Gasteiger partial charge is 0.287 e. The zero-order chi connectivity index (χ0) is 18.4. The van der Waals surface area contributed by atoms with Crippen LogP contribution in [0.3, 0.4) is 0 Å². The van der Waals surface area contributed by atoms with Crippen LogP contribution in [-0.2, 0) is 6.54 Å². The van der Waals surface area contributed by atoms with Gasteiger partial charge in [0.1, 0.15) is 17.8 Å². The van der Waals surface area contributed by atoms with Crippen molar-refractivity contribution in [3.05, 3.63) is 52.3 Å². The molecule has 3 rings (SSSR count). The quantitative estimate of drug-likeness (QED) is 0.580. The Morgan fingerprint density at radius 2 is 2.12 bits per heavy atom. The maximum atomic E-state index is 10.6. The van der Waals surface area contributed by atoms with Crippen LogP contribution in [-0.4, -0.2) is 39.2 Å². The third-order valence-corrected chi connectivity index (χ3v) is 4.63. The molecule has 0 aromatic carbocycles. The number of nitro groups is 1. The molecule has 1 unspecified atom stereocenters. The Kier molecular flexibility index (Phi) is 5.96. The molecule has 0 spiro atoms. The van der Waals surface area contributed by atoms with E-state index >= 15 is 0 Å². The molecular formula is C18H23N5O3. The minimum absolute atomic E-state index is 0.0273. The average Bonchev–Trinajstić information content (AvgIpc) is 2.68. The van der Waals surface area contributed by atoms with Crippen LogP contribution in [0.4, 0.5) is 17.3 Å². The molecule has 1 aliphatic heterocycles. The number of rotatable bonds is 7. The zero-order valence-electron chi connectivity index (χ0n) is 14.5. The van der Waals surface area contributed by atoms with Gasteiger partial charge in [-0.25, -0.2) is 9.97 Å². The molecule has 3 heterocycles. The summed E-state index contributed by atoms with van der Waals surface area (Å²) in [5, 5.41) is 23.0. The van der Waals surface area contributed by atoms with Gasteiger partial charge < -0.3 is 15.3 Å². The second-order valence-corrected chi connectivity index (χ2v) is 6.39. The molecule has 1 atom stereocenters. The normalized spacial score (nSPS) is 17.1. The highest BCUT2D eigenvalue weighted by molar-refractivity contribution is 5.43. The van der Waals surface area contributed by atoms with E-state index in [9.17, 15) is 15.2 Å². The Balaban J connectivity index is 1.59. The largest absolute Gasteiger partial charge is 0.396 e. The van der Waals surface area contributed by atoms with Crippen molar-refractivity contribution in [3.63, 3.8) is 0 Å². The average molecular weight is 357 g/mol. The second-order valence-electron chi connectivity index (χ2n) is 6.39. The molecule has 0 saturated carbocycles. The molecule has 138 valence electrons. The Labute approximate surface area is 152 Å². The van der Waals surface area contributed by atoms with E-state index in [1.165, 1.54) is 18.7 Å². The third kappa shape index (κ3) is 4.45. The molecule has 1 aliphatic rings. The summed E-state index contributed by atoms with van der Waals surface area (Å²) in [7, 11) is 0. The van der Waals surface area contributed by atoms with Crippen LogP contribution in [0.5, 0.6) is 0 Å². The van der Waals surface area contributed by atoms with Crippen LogP contribution >= 0.6 is 0 Å². The van der Waals surface area contributed by atoms with Crippen LogP contribution in [0.25, 0.3) is 0 Å². The lowest BCUT2D eigenvalue weighted by molar-refractivity contribution is -0.385. The monoisotopic (exact) mass is 357 g/mol. The standard InChI is InChI=1S/C18H23N5O3/c24-10-8-15-3-1-2-9-22(15)18-7-4-14(12-21-18)11-19-17-6-5-16(13-20-17)23(25)26/h4-7,12-13,15,24H,1-3,8-11H2,(H,19,20). The molecule has 8 nitrogen and oxygen atoms in total. The van der Waals surface area contributed by atoms with Crippen molar-refractivity contribution in [2.75, 3.05) is 23.4 Å². The summed E-state index contributed by atoms with van der Waals surface area (Å²) in [5.74, 6) is 1.53. The third-order valence-electron chi connectivity index (χ3n) is 4.63. The topological polar surface area (TPSA) is 104 Å². The SMILES string of the molecule is O=[N+]([O-])c1ccc(NCc2ccc(N3CCCCC3CCO)nc2)nc1. The first-order valence-electron chi connectivity index (χ1n) is 8.84. The fraction of sp³-hybridized carbons (Fsp3) is 0.444. The van der Waals surface area contributed by atoms with Crippen molar-refractivity contribution >= 4 is 17.3 Å². The maximum absolute atomic E-state index is 10.6. The highest BCUT2D eigenvalue weighted by atomic mass is 16.6. The maximum Gasteiger partial charge on any atom is 0.287 e. The van der Waals surface area contributed by atoms with E-state index < -0.39 is 4.92 Å². The Bertz CT molecular complexity index is 719. The lowest BCUT2D eigenvalue weighted by atomic mass is 9.99. The molecule has 0 aliphatic carbocycles. The number of aliphatic hydroxyl groups excluding tert-OH is 1. The van der Waals surface area contributed by atoms with E-state index in [4.69, 9.17) is 0 Å². The summed E-state index contributed by atoms with van der Waals surface area (Å²) in [6.07, 6.45) is 7.29. The number of piperidine rings is 1. The second kappa shape index (κ2) is 8.57. The van der Waals surface area contributed by atoms with E-state index in [2.05, 4.69) is 20.2 Å². The van der Waals surface area contributed by atoms with Crippen LogP contribution in [0.15, 0.2) is 36.7 Å². The Morgan fingerprint density at radius 1 is 1.23 bits per heavy atom. The number of hydrogen-bond donors (Lipinski definition) is 2. The van der Waals surface area contributed by atoms with E-state index in [0.717, 1.165) is 37.2 Å². The lowest BCUT2D eigenvalue weighted by Gasteiger charge is -2.36. The summed E-state index contributed by atoms with van der Waals surface area (Å²) in [5.41, 5.74) is 0.977. The molecule has 8 heteroatoms. The van der Waals surface area contributed by atoms with Gasteiger partial charge in [0.15, 0.2) is 0 Å². The van der Waals surface area contributed by atoms with Gasteiger partial charge in [-0.2, -0.15) is 0 Å². The molecule has 0 bridgehead atoms. The summed E-state index contributed by atoms with van der Waals surface area (Å²) in [6, 6.07) is 7.40. The van der Waals surface area contributed by atoms with Gasteiger partial charge >= 0.3 is 0 Å². The Hall–Kier alpha value is -2.74. The van der Waals surface area contributed by atoms with Crippen molar-refractivity contribution in [2.45, 2.75) is 38.3 Å². The highest BCUT2D eigenvalue weighted by Gasteiger charge is 2.22. The number of anilines is 2. The molecule has 26 heavy (non-hydrogen) atoms. The van der Waals surface area contributed by atoms with E-state index in [-0.39, 0.29) is 12.3 Å². The molecule has 1 fully saturated rings. The predicted molar refractivity (Wildman–Crippen MR) is 99.1 cm³/mol. The van der Waals surface area contributed by atoms with Crippen molar-refractivity contribution < 1.29 is 10.0 Å². The summed E-state index contributed by atoms with van der Waals surface area (Å²) in [6.45, 7) is 1.71. The number of aliphatic hydroxyl groups is 1. The first-order valence-corrected chi connectivity index (χ1v) is 8.84. The van der Waals surface area contributed by atoms with E-state index in [0.29, 0.717) is 18.4 Å². The molecule has 1 saturated heterocycles. The number of aromatic nitrogens is 2. The fourth-order valence-corrected chi connectivity index (χ4v) is 3.23. The minimum Gasteiger partial charge on any atom is -0.396 e. The van der Waals surface area contributed by atoms with Crippen molar-refractivity contribution in [1.82, 2.24) is 9.97 Å².